The van der Waals surface area contributed by atoms with Gasteiger partial charge in [-0.2, -0.15) is 0 Å². The minimum absolute atomic E-state index is 0.0139. The number of pyridine rings is 1. The number of para-hydroxylation sites is 1. The molecule has 0 aliphatic carbocycles. The number of benzene rings is 1. The molecule has 1 aromatic carbocycles. The van der Waals surface area contributed by atoms with Crippen molar-refractivity contribution in [3.63, 3.8) is 0 Å². The Morgan fingerprint density at radius 2 is 2.07 bits per heavy atom. The molecule has 0 spiro atoms. The fourth-order valence-corrected chi connectivity index (χ4v) is 3.31. The number of carbonyl (C=O) groups is 1. The lowest BCUT2D eigenvalue weighted by atomic mass is 10.3. The first-order valence-corrected chi connectivity index (χ1v) is 8.59. The predicted molar refractivity (Wildman–Crippen MR) is 97.8 cm³/mol. The van der Waals surface area contributed by atoms with Crippen LogP contribution in [0.2, 0.25) is 0 Å². The largest absolute Gasteiger partial charge is 0.303 e. The lowest BCUT2D eigenvalue weighted by molar-refractivity contribution is -0.385. The average molecular weight is 388 g/mol. The van der Waals surface area contributed by atoms with Crippen molar-refractivity contribution in [1.82, 2.24) is 9.55 Å². The Balaban J connectivity index is 1.93. The van der Waals surface area contributed by atoms with Crippen LogP contribution in [0.3, 0.4) is 0 Å². The number of anilines is 2. The van der Waals surface area contributed by atoms with Crippen molar-refractivity contribution in [1.29, 1.82) is 0 Å². The summed E-state index contributed by atoms with van der Waals surface area (Å²) in [4.78, 5) is 39.6. The first-order valence-electron chi connectivity index (χ1n) is 7.71. The smallest absolute Gasteiger partial charge is 0.285 e. The van der Waals surface area contributed by atoms with E-state index in [1.807, 2.05) is 0 Å². The predicted octanol–water partition coefficient (Wildman–Crippen LogP) is 3.09. The van der Waals surface area contributed by atoms with E-state index in [0.29, 0.717) is 5.69 Å². The normalized spacial score (nSPS) is 10.6. The summed E-state index contributed by atoms with van der Waals surface area (Å²) in [5.41, 5.74) is -0.159. The molecule has 0 saturated heterocycles. The number of halogens is 1. The second-order valence-electron chi connectivity index (χ2n) is 5.54. The molecule has 3 rings (SSSR count). The molecule has 10 heteroatoms. The van der Waals surface area contributed by atoms with Crippen molar-refractivity contribution in [2.45, 2.75) is 13.5 Å². The van der Waals surface area contributed by atoms with E-state index < -0.39 is 22.2 Å². The molecular weight excluding hydrogens is 375 g/mol. The van der Waals surface area contributed by atoms with Gasteiger partial charge in [0.05, 0.1) is 29.0 Å². The molecule has 0 aliphatic heterocycles. The second-order valence-corrected chi connectivity index (χ2v) is 6.37. The highest BCUT2D eigenvalue weighted by molar-refractivity contribution is 7.14. The topological polar surface area (TPSA) is 98.3 Å². The fraction of sp³-hybridized carbons (Fsp3) is 0.118. The average Bonchev–Trinajstić information content (AvgIpc) is 3.06. The maximum atomic E-state index is 14.1. The lowest BCUT2D eigenvalue weighted by Crippen LogP contribution is -2.24. The van der Waals surface area contributed by atoms with Gasteiger partial charge in [-0.25, -0.2) is 9.37 Å². The minimum atomic E-state index is -0.599. The molecule has 1 amide bonds. The molecular formula is C17H13FN4O4S. The molecule has 0 fully saturated rings. The first kappa shape index (κ1) is 18.4. The van der Waals surface area contributed by atoms with E-state index in [1.54, 1.807) is 11.4 Å². The zero-order valence-electron chi connectivity index (χ0n) is 14.0. The van der Waals surface area contributed by atoms with Crippen molar-refractivity contribution in [3.05, 3.63) is 80.0 Å². The SMILES string of the molecule is CC(=O)N(c1nc(Cn2cc([N+](=O)[O-])ccc2=O)cs1)c1ccccc1F. The third-order valence-electron chi connectivity index (χ3n) is 3.65. The Morgan fingerprint density at radius 3 is 2.74 bits per heavy atom. The van der Waals surface area contributed by atoms with Gasteiger partial charge in [0.2, 0.25) is 5.91 Å². The Hall–Kier alpha value is -3.40. The van der Waals surface area contributed by atoms with Crippen LogP contribution in [0, 0.1) is 15.9 Å². The van der Waals surface area contributed by atoms with Gasteiger partial charge in [-0.3, -0.25) is 24.6 Å². The third-order valence-corrected chi connectivity index (χ3v) is 4.52. The fourth-order valence-electron chi connectivity index (χ4n) is 2.44. The van der Waals surface area contributed by atoms with Crippen molar-refractivity contribution < 1.29 is 14.1 Å². The summed E-state index contributed by atoms with van der Waals surface area (Å²) in [6.07, 6.45) is 1.13. The van der Waals surface area contributed by atoms with Crippen molar-refractivity contribution in [2.24, 2.45) is 0 Å². The van der Waals surface area contributed by atoms with Gasteiger partial charge in [0.15, 0.2) is 5.13 Å². The highest BCUT2D eigenvalue weighted by Gasteiger charge is 2.21. The molecule has 2 heterocycles. The van der Waals surface area contributed by atoms with Gasteiger partial charge >= 0.3 is 0 Å². The maximum Gasteiger partial charge on any atom is 0.285 e. The van der Waals surface area contributed by atoms with Gasteiger partial charge in [-0.05, 0) is 12.1 Å². The summed E-state index contributed by atoms with van der Waals surface area (Å²) < 4.78 is 15.2. The molecule has 27 heavy (non-hydrogen) atoms. The summed E-state index contributed by atoms with van der Waals surface area (Å²) in [7, 11) is 0. The zero-order chi connectivity index (χ0) is 19.6. The zero-order valence-corrected chi connectivity index (χ0v) is 14.9. The summed E-state index contributed by atoms with van der Waals surface area (Å²) in [5.74, 6) is -0.993. The van der Waals surface area contributed by atoms with E-state index in [2.05, 4.69) is 4.98 Å². The molecule has 0 saturated carbocycles. The van der Waals surface area contributed by atoms with Gasteiger partial charge in [-0.1, -0.05) is 12.1 Å². The monoisotopic (exact) mass is 388 g/mol. The van der Waals surface area contributed by atoms with Crippen molar-refractivity contribution >= 4 is 33.8 Å². The number of hydrogen-bond acceptors (Lipinski definition) is 6. The lowest BCUT2D eigenvalue weighted by Gasteiger charge is -2.18. The minimum Gasteiger partial charge on any atom is -0.303 e. The molecule has 3 aromatic rings. The van der Waals surface area contributed by atoms with E-state index in [-0.39, 0.29) is 23.1 Å². The Labute approximate surface area is 156 Å². The standard InChI is InChI=1S/C17H13FN4O4S/c1-11(23)21(15-5-3-2-4-14(15)18)17-19-12(10-27-17)8-20-9-13(22(25)26)6-7-16(20)24/h2-7,9-10H,8H2,1H3. The quantitative estimate of drug-likeness (QED) is 0.494. The number of amides is 1. The summed E-state index contributed by atoms with van der Waals surface area (Å²) in [6.45, 7) is 1.28. The summed E-state index contributed by atoms with van der Waals surface area (Å²) in [6, 6.07) is 8.05. The number of rotatable bonds is 5. The summed E-state index contributed by atoms with van der Waals surface area (Å²) >= 11 is 1.10. The molecule has 138 valence electrons. The van der Waals surface area contributed by atoms with Crippen LogP contribution in [0.4, 0.5) is 20.9 Å². The van der Waals surface area contributed by atoms with Gasteiger partial charge in [0, 0.05) is 24.4 Å². The Morgan fingerprint density at radius 1 is 1.33 bits per heavy atom. The van der Waals surface area contributed by atoms with Gasteiger partial charge in [0.1, 0.15) is 5.82 Å². The van der Waals surface area contributed by atoms with E-state index in [9.17, 15) is 24.1 Å². The van der Waals surface area contributed by atoms with Crippen LogP contribution >= 0.6 is 11.3 Å². The summed E-state index contributed by atoms with van der Waals surface area (Å²) in [5, 5.41) is 12.7. The molecule has 0 radical (unpaired) electrons. The molecule has 2 aromatic heterocycles. The number of carbonyl (C=O) groups excluding carboxylic acids is 1. The maximum absolute atomic E-state index is 14.1. The van der Waals surface area contributed by atoms with Crippen LogP contribution in [0.25, 0.3) is 0 Å². The first-order chi connectivity index (χ1) is 12.9. The number of hydrogen-bond donors (Lipinski definition) is 0. The molecule has 0 aliphatic rings. The van der Waals surface area contributed by atoms with Crippen LogP contribution in [0.15, 0.2) is 52.8 Å². The van der Waals surface area contributed by atoms with E-state index in [0.717, 1.165) is 39.1 Å². The molecule has 0 unspecified atom stereocenters. The second kappa shape index (κ2) is 7.46. The van der Waals surface area contributed by atoms with E-state index in [1.165, 1.54) is 25.1 Å². The van der Waals surface area contributed by atoms with Crippen LogP contribution < -0.4 is 10.5 Å². The van der Waals surface area contributed by atoms with Crippen molar-refractivity contribution in [3.8, 4) is 0 Å². The molecule has 0 N–H and O–H groups in total. The molecule has 8 nitrogen and oxygen atoms in total. The van der Waals surface area contributed by atoms with Gasteiger partial charge < -0.3 is 4.57 Å². The van der Waals surface area contributed by atoms with E-state index in [4.69, 9.17) is 0 Å². The van der Waals surface area contributed by atoms with Gasteiger partial charge in [-0.15, -0.1) is 11.3 Å². The van der Waals surface area contributed by atoms with E-state index >= 15 is 0 Å². The number of aromatic nitrogens is 2. The Kier molecular flexibility index (Phi) is 5.08. The highest BCUT2D eigenvalue weighted by atomic mass is 32.1. The van der Waals surface area contributed by atoms with Gasteiger partial charge in [0.25, 0.3) is 11.2 Å². The number of nitrogens with zero attached hydrogens (tertiary/aromatic N) is 4. The van der Waals surface area contributed by atoms with Crippen LogP contribution in [0.1, 0.15) is 12.6 Å². The highest BCUT2D eigenvalue weighted by Crippen LogP contribution is 2.30. The Bertz CT molecular complexity index is 1080. The molecule has 0 bridgehead atoms. The van der Waals surface area contributed by atoms with Crippen LogP contribution in [0.5, 0.6) is 0 Å². The number of thiazole rings is 1. The molecule has 0 atom stereocenters. The van der Waals surface area contributed by atoms with Crippen molar-refractivity contribution in [2.75, 3.05) is 4.90 Å². The van der Waals surface area contributed by atoms with Crippen LogP contribution in [-0.2, 0) is 11.3 Å². The number of nitro groups is 1. The van der Waals surface area contributed by atoms with Crippen LogP contribution in [-0.4, -0.2) is 20.4 Å². The third kappa shape index (κ3) is 3.90.